The lowest BCUT2D eigenvalue weighted by Crippen LogP contribution is -2.44. The van der Waals surface area contributed by atoms with Crippen molar-refractivity contribution in [3.63, 3.8) is 0 Å². The van der Waals surface area contributed by atoms with E-state index >= 15 is 0 Å². The van der Waals surface area contributed by atoms with Crippen molar-refractivity contribution in [1.29, 1.82) is 0 Å². The average molecular weight is 330 g/mol. The third-order valence-electron chi connectivity index (χ3n) is 5.48. The number of nitrogens with one attached hydrogen (secondary N) is 1. The van der Waals surface area contributed by atoms with Crippen LogP contribution < -0.4 is 14.8 Å². The maximum atomic E-state index is 12.3. The number of rotatable bonds is 3. The van der Waals surface area contributed by atoms with Crippen molar-refractivity contribution < 1.29 is 14.3 Å². The Balaban J connectivity index is 1.39. The van der Waals surface area contributed by atoms with Gasteiger partial charge in [0.2, 0.25) is 0 Å². The van der Waals surface area contributed by atoms with Crippen molar-refractivity contribution in [2.75, 3.05) is 32.8 Å². The van der Waals surface area contributed by atoms with Crippen LogP contribution in [0.2, 0.25) is 0 Å². The number of benzene rings is 1. The minimum atomic E-state index is 0.0725. The van der Waals surface area contributed by atoms with Crippen molar-refractivity contribution in [1.82, 2.24) is 10.2 Å². The Bertz CT molecular complexity index is 604. The van der Waals surface area contributed by atoms with Crippen LogP contribution in [0.5, 0.6) is 11.5 Å². The summed E-state index contributed by atoms with van der Waals surface area (Å²) in [7, 11) is 0. The second-order valence-corrected chi connectivity index (χ2v) is 7.17. The highest BCUT2D eigenvalue weighted by Crippen LogP contribution is 2.40. The summed E-state index contributed by atoms with van der Waals surface area (Å²) in [6, 6.07) is 2.21. The van der Waals surface area contributed by atoms with E-state index in [1.165, 1.54) is 16.7 Å². The Morgan fingerprint density at radius 3 is 2.88 bits per heavy atom. The molecule has 0 aliphatic carbocycles. The van der Waals surface area contributed by atoms with Gasteiger partial charge in [-0.15, -0.1) is 0 Å². The number of likely N-dealkylation sites (tertiary alicyclic amines) is 1. The van der Waals surface area contributed by atoms with E-state index in [4.69, 9.17) is 9.47 Å². The molecule has 24 heavy (non-hydrogen) atoms. The molecule has 0 aromatic heterocycles. The summed E-state index contributed by atoms with van der Waals surface area (Å²) in [5, 5.41) is 3.09. The number of carbonyl (C=O) groups is 1. The van der Waals surface area contributed by atoms with Crippen LogP contribution in [0.25, 0.3) is 0 Å². The number of amides is 2. The molecule has 0 spiro atoms. The quantitative estimate of drug-likeness (QED) is 0.926. The molecule has 130 valence electrons. The molecule has 5 nitrogen and oxygen atoms in total. The second kappa shape index (κ2) is 6.54. The van der Waals surface area contributed by atoms with E-state index in [0.29, 0.717) is 6.54 Å². The van der Waals surface area contributed by atoms with Gasteiger partial charge in [-0.2, -0.15) is 0 Å². The van der Waals surface area contributed by atoms with E-state index in [1.807, 2.05) is 4.90 Å². The van der Waals surface area contributed by atoms with Crippen LogP contribution in [-0.4, -0.2) is 43.8 Å². The van der Waals surface area contributed by atoms with Crippen LogP contribution in [0, 0.1) is 5.92 Å². The molecule has 3 heterocycles. The lowest BCUT2D eigenvalue weighted by Gasteiger charge is -2.30. The smallest absolute Gasteiger partial charge is 0.317 e. The molecule has 1 fully saturated rings. The fourth-order valence-corrected chi connectivity index (χ4v) is 3.97. The molecule has 3 aliphatic rings. The summed E-state index contributed by atoms with van der Waals surface area (Å²) in [5.41, 5.74) is 3.77. The molecule has 1 aromatic rings. The first-order valence-electron chi connectivity index (χ1n) is 9.18. The zero-order valence-corrected chi connectivity index (χ0v) is 14.4. The Labute approximate surface area is 143 Å². The van der Waals surface area contributed by atoms with E-state index in [2.05, 4.69) is 18.3 Å². The minimum Gasteiger partial charge on any atom is -0.493 e. The van der Waals surface area contributed by atoms with E-state index < -0.39 is 0 Å². The van der Waals surface area contributed by atoms with Crippen LogP contribution in [0.4, 0.5) is 4.79 Å². The number of piperidine rings is 1. The molecule has 0 saturated carbocycles. The first-order chi connectivity index (χ1) is 11.7. The fourth-order valence-electron chi connectivity index (χ4n) is 3.97. The van der Waals surface area contributed by atoms with E-state index in [0.717, 1.165) is 75.8 Å². The predicted molar refractivity (Wildman–Crippen MR) is 91.9 cm³/mol. The van der Waals surface area contributed by atoms with Gasteiger partial charge in [-0.1, -0.05) is 6.92 Å². The molecule has 3 aliphatic heterocycles. The van der Waals surface area contributed by atoms with Crippen molar-refractivity contribution in [2.45, 2.75) is 39.0 Å². The fraction of sp³-hybridized carbons (Fsp3) is 0.632. The molecule has 5 heteroatoms. The van der Waals surface area contributed by atoms with Crippen LogP contribution >= 0.6 is 0 Å². The second-order valence-electron chi connectivity index (χ2n) is 7.17. The van der Waals surface area contributed by atoms with Crippen LogP contribution in [0.1, 0.15) is 36.5 Å². The lowest BCUT2D eigenvalue weighted by atomic mass is 9.97. The third kappa shape index (κ3) is 2.92. The van der Waals surface area contributed by atoms with Gasteiger partial charge in [0.1, 0.15) is 11.5 Å². The first-order valence-corrected chi connectivity index (χ1v) is 9.18. The van der Waals surface area contributed by atoms with Crippen LogP contribution in [0.15, 0.2) is 6.07 Å². The van der Waals surface area contributed by atoms with Crippen LogP contribution in [0.3, 0.4) is 0 Å². The van der Waals surface area contributed by atoms with Gasteiger partial charge in [-0.25, -0.2) is 4.79 Å². The normalized spacial score (nSPS) is 19.5. The lowest BCUT2D eigenvalue weighted by molar-refractivity contribution is 0.174. The van der Waals surface area contributed by atoms with Crippen molar-refractivity contribution in [3.8, 4) is 11.5 Å². The van der Waals surface area contributed by atoms with Gasteiger partial charge in [0.05, 0.1) is 13.2 Å². The topological polar surface area (TPSA) is 50.8 Å². The number of hydrogen-bond acceptors (Lipinski definition) is 3. The van der Waals surface area contributed by atoms with Gasteiger partial charge in [0.15, 0.2) is 0 Å². The predicted octanol–water partition coefficient (Wildman–Crippen LogP) is 2.54. The zero-order valence-electron chi connectivity index (χ0n) is 14.4. The summed E-state index contributed by atoms with van der Waals surface area (Å²) in [6.07, 6.45) is 4.93. The van der Waals surface area contributed by atoms with Crippen LogP contribution in [-0.2, 0) is 19.3 Å². The van der Waals surface area contributed by atoms with E-state index in [-0.39, 0.29) is 6.03 Å². The number of ether oxygens (including phenoxy) is 2. The highest BCUT2D eigenvalue weighted by molar-refractivity contribution is 5.74. The molecule has 1 saturated heterocycles. The Morgan fingerprint density at radius 2 is 2.04 bits per heavy atom. The standard InChI is InChI=1S/C19H26N2O3/c1-13-3-8-21(9-4-13)19(22)20-7-2-16-15-6-11-23-17(15)12-14-5-10-24-18(14)16/h12-13H,2-11H2,1H3,(H,20,22). The number of hydrogen-bond donors (Lipinski definition) is 1. The molecule has 0 bridgehead atoms. The summed E-state index contributed by atoms with van der Waals surface area (Å²) in [5.74, 6) is 2.80. The van der Waals surface area contributed by atoms with Gasteiger partial charge in [-0.3, -0.25) is 0 Å². The molecule has 0 atom stereocenters. The molecular weight excluding hydrogens is 304 g/mol. The zero-order chi connectivity index (χ0) is 16.5. The first kappa shape index (κ1) is 15.6. The molecule has 1 N–H and O–H groups in total. The van der Waals surface area contributed by atoms with Gasteiger partial charge < -0.3 is 19.7 Å². The summed E-state index contributed by atoms with van der Waals surface area (Å²) >= 11 is 0. The monoisotopic (exact) mass is 330 g/mol. The number of fused-ring (bicyclic) bond motifs is 2. The molecule has 0 radical (unpaired) electrons. The van der Waals surface area contributed by atoms with Crippen molar-refractivity contribution >= 4 is 6.03 Å². The number of carbonyl (C=O) groups excluding carboxylic acids is 1. The average Bonchev–Trinajstić information content (AvgIpc) is 3.23. The largest absolute Gasteiger partial charge is 0.493 e. The third-order valence-corrected chi connectivity index (χ3v) is 5.48. The van der Waals surface area contributed by atoms with E-state index in [1.54, 1.807) is 0 Å². The number of nitrogens with zero attached hydrogens (tertiary/aromatic N) is 1. The maximum Gasteiger partial charge on any atom is 0.317 e. The molecular formula is C19H26N2O3. The minimum absolute atomic E-state index is 0.0725. The summed E-state index contributed by atoms with van der Waals surface area (Å²) in [4.78, 5) is 14.3. The maximum absolute atomic E-state index is 12.3. The van der Waals surface area contributed by atoms with Gasteiger partial charge in [0.25, 0.3) is 0 Å². The number of urea groups is 1. The molecule has 1 aromatic carbocycles. The van der Waals surface area contributed by atoms with Gasteiger partial charge in [0, 0.05) is 49.2 Å². The molecule has 4 rings (SSSR count). The van der Waals surface area contributed by atoms with E-state index in [9.17, 15) is 4.79 Å². The summed E-state index contributed by atoms with van der Waals surface area (Å²) < 4.78 is 11.6. The Hall–Kier alpha value is -1.91. The van der Waals surface area contributed by atoms with Crippen molar-refractivity contribution in [2.24, 2.45) is 5.92 Å². The SMILES string of the molecule is CC1CCN(C(=O)NCCc2c3c(cc4c2OCC4)OCC3)CC1. The van der Waals surface area contributed by atoms with Gasteiger partial charge in [-0.05, 0) is 31.2 Å². The van der Waals surface area contributed by atoms with Crippen molar-refractivity contribution in [3.05, 3.63) is 22.8 Å². The molecule has 2 amide bonds. The Kier molecular flexibility index (Phi) is 4.25. The summed E-state index contributed by atoms with van der Waals surface area (Å²) in [6.45, 7) is 6.16. The molecule has 0 unspecified atom stereocenters. The highest BCUT2D eigenvalue weighted by Gasteiger charge is 2.26. The Morgan fingerprint density at radius 1 is 1.25 bits per heavy atom. The van der Waals surface area contributed by atoms with Gasteiger partial charge >= 0.3 is 6.03 Å². The highest BCUT2D eigenvalue weighted by atomic mass is 16.5.